The first-order valence-corrected chi connectivity index (χ1v) is 7.77. The molecule has 1 heterocycles. The molecule has 10 heteroatoms. The highest BCUT2D eigenvalue weighted by molar-refractivity contribution is 6.03. The number of hydrogen-bond donors (Lipinski definition) is 2. The van der Waals surface area contributed by atoms with Crippen molar-refractivity contribution in [2.75, 3.05) is 10.6 Å². The molecule has 0 radical (unpaired) electrons. The molecular formula is C18H11F5N4O. The van der Waals surface area contributed by atoms with Crippen LogP contribution in [0.2, 0.25) is 0 Å². The second kappa shape index (κ2) is 7.59. The lowest BCUT2D eigenvalue weighted by Gasteiger charge is -2.09. The highest BCUT2D eigenvalue weighted by atomic mass is 19.4. The number of carbonyl (C=O) groups excluding carboxylic acids is 1. The van der Waals surface area contributed by atoms with E-state index in [0.717, 1.165) is 36.4 Å². The highest BCUT2D eigenvalue weighted by Crippen LogP contribution is 2.29. The third-order valence-electron chi connectivity index (χ3n) is 3.60. The Balaban J connectivity index is 1.68. The van der Waals surface area contributed by atoms with Gasteiger partial charge in [-0.3, -0.25) is 4.79 Å². The van der Waals surface area contributed by atoms with Crippen LogP contribution in [0.1, 0.15) is 15.9 Å². The molecule has 5 nitrogen and oxygen atoms in total. The van der Waals surface area contributed by atoms with Gasteiger partial charge in [0.25, 0.3) is 5.91 Å². The summed E-state index contributed by atoms with van der Waals surface area (Å²) in [6.45, 7) is 0. The molecule has 0 saturated carbocycles. The van der Waals surface area contributed by atoms with Crippen molar-refractivity contribution < 1.29 is 26.7 Å². The number of aromatic nitrogens is 2. The van der Waals surface area contributed by atoms with Gasteiger partial charge >= 0.3 is 6.18 Å². The van der Waals surface area contributed by atoms with Gasteiger partial charge in [-0.05, 0) is 48.5 Å². The summed E-state index contributed by atoms with van der Waals surface area (Å²) in [7, 11) is 0. The average Bonchev–Trinajstić information content (AvgIpc) is 2.65. The van der Waals surface area contributed by atoms with Gasteiger partial charge in [0.05, 0.1) is 5.56 Å². The quantitative estimate of drug-likeness (QED) is 0.626. The van der Waals surface area contributed by atoms with Crippen molar-refractivity contribution in [2.45, 2.75) is 6.18 Å². The molecule has 0 atom stereocenters. The molecule has 2 aromatic carbocycles. The number of nitrogens with one attached hydrogen (secondary N) is 2. The van der Waals surface area contributed by atoms with Crippen molar-refractivity contribution in [3.8, 4) is 0 Å². The molecule has 0 saturated heterocycles. The predicted molar refractivity (Wildman–Crippen MR) is 91.1 cm³/mol. The summed E-state index contributed by atoms with van der Waals surface area (Å²) in [4.78, 5) is 12.1. The molecule has 0 unspecified atom stereocenters. The zero-order valence-electron chi connectivity index (χ0n) is 13.9. The van der Waals surface area contributed by atoms with Crippen LogP contribution in [-0.2, 0) is 6.18 Å². The van der Waals surface area contributed by atoms with Gasteiger partial charge in [0.1, 0.15) is 17.3 Å². The second-order valence-corrected chi connectivity index (χ2v) is 5.55. The summed E-state index contributed by atoms with van der Waals surface area (Å²) in [5.74, 6) is -2.30. The number of para-hydroxylation sites is 1. The summed E-state index contributed by atoms with van der Waals surface area (Å²) >= 11 is 0. The second-order valence-electron chi connectivity index (χ2n) is 5.55. The van der Waals surface area contributed by atoms with Crippen LogP contribution in [-0.4, -0.2) is 16.1 Å². The number of anilines is 3. The number of benzene rings is 2. The monoisotopic (exact) mass is 394 g/mol. The van der Waals surface area contributed by atoms with Crippen molar-refractivity contribution in [3.05, 3.63) is 77.4 Å². The minimum absolute atomic E-state index is 0.00412. The maximum absolute atomic E-state index is 13.6. The van der Waals surface area contributed by atoms with E-state index in [-0.39, 0.29) is 17.2 Å². The molecule has 0 aliphatic heterocycles. The molecular weight excluding hydrogens is 383 g/mol. The van der Waals surface area contributed by atoms with E-state index in [0.29, 0.717) is 0 Å². The standard InChI is InChI=1S/C18H11F5N4O/c19-12-2-1-3-13(20)16(12)24-14-8-9-15(27-26-14)25-17(28)10-4-6-11(7-5-10)18(21,22)23/h1-9H,(H,24,26)(H,25,27,28). The number of halogens is 5. The molecule has 2 N–H and O–H groups in total. The largest absolute Gasteiger partial charge is 0.416 e. The zero-order valence-corrected chi connectivity index (χ0v) is 13.9. The number of nitrogens with zero attached hydrogens (tertiary/aromatic N) is 2. The van der Waals surface area contributed by atoms with Gasteiger partial charge in [0, 0.05) is 5.56 Å². The number of hydrogen-bond acceptors (Lipinski definition) is 4. The van der Waals surface area contributed by atoms with E-state index >= 15 is 0 Å². The summed E-state index contributed by atoms with van der Waals surface area (Å²) in [6, 6.07) is 9.62. The van der Waals surface area contributed by atoms with Crippen molar-refractivity contribution >= 4 is 23.2 Å². The van der Waals surface area contributed by atoms with Crippen LogP contribution >= 0.6 is 0 Å². The van der Waals surface area contributed by atoms with Gasteiger partial charge in [-0.15, -0.1) is 10.2 Å². The SMILES string of the molecule is O=C(Nc1ccc(Nc2c(F)cccc2F)nn1)c1ccc(C(F)(F)F)cc1. The van der Waals surface area contributed by atoms with Gasteiger partial charge in [-0.25, -0.2) is 8.78 Å². The Morgan fingerprint density at radius 2 is 1.39 bits per heavy atom. The van der Waals surface area contributed by atoms with E-state index in [1.807, 2.05) is 0 Å². The Hall–Kier alpha value is -3.56. The third kappa shape index (κ3) is 4.40. The van der Waals surface area contributed by atoms with E-state index in [4.69, 9.17) is 0 Å². The van der Waals surface area contributed by atoms with Crippen molar-refractivity contribution in [1.82, 2.24) is 10.2 Å². The van der Waals surface area contributed by atoms with E-state index < -0.39 is 35.0 Å². The van der Waals surface area contributed by atoms with Crippen LogP contribution < -0.4 is 10.6 Å². The highest BCUT2D eigenvalue weighted by Gasteiger charge is 2.30. The fraction of sp³-hybridized carbons (Fsp3) is 0.0556. The van der Waals surface area contributed by atoms with E-state index in [1.54, 1.807) is 0 Å². The van der Waals surface area contributed by atoms with Crippen molar-refractivity contribution in [2.24, 2.45) is 0 Å². The molecule has 0 bridgehead atoms. The molecule has 28 heavy (non-hydrogen) atoms. The van der Waals surface area contributed by atoms with Gasteiger partial charge < -0.3 is 10.6 Å². The zero-order chi connectivity index (χ0) is 20.3. The Bertz CT molecular complexity index is 968. The predicted octanol–water partition coefficient (Wildman–Crippen LogP) is 4.77. The molecule has 0 aliphatic carbocycles. The minimum atomic E-state index is -4.50. The first kappa shape index (κ1) is 19.2. The summed E-state index contributed by atoms with van der Waals surface area (Å²) < 4.78 is 64.8. The van der Waals surface area contributed by atoms with Crippen LogP contribution in [0, 0.1) is 11.6 Å². The Kier molecular flexibility index (Phi) is 5.21. The Labute approximate surface area is 155 Å². The normalized spacial score (nSPS) is 11.2. The maximum atomic E-state index is 13.6. The van der Waals surface area contributed by atoms with E-state index in [1.165, 1.54) is 18.2 Å². The lowest BCUT2D eigenvalue weighted by atomic mass is 10.1. The third-order valence-corrected chi connectivity index (χ3v) is 3.60. The number of rotatable bonds is 4. The summed E-state index contributed by atoms with van der Waals surface area (Å²) in [6.07, 6.45) is -4.50. The molecule has 3 aromatic rings. The smallest absolute Gasteiger partial charge is 0.334 e. The topological polar surface area (TPSA) is 66.9 Å². The first-order chi connectivity index (χ1) is 13.2. The summed E-state index contributed by atoms with van der Waals surface area (Å²) in [5.41, 5.74) is -1.29. The molecule has 1 aromatic heterocycles. The number of carbonyl (C=O) groups is 1. The van der Waals surface area contributed by atoms with E-state index in [2.05, 4.69) is 20.8 Å². The van der Waals surface area contributed by atoms with Gasteiger partial charge in [-0.1, -0.05) is 6.07 Å². The van der Waals surface area contributed by atoms with Gasteiger partial charge in [-0.2, -0.15) is 13.2 Å². The Morgan fingerprint density at radius 3 is 1.93 bits per heavy atom. The molecule has 3 rings (SSSR count). The van der Waals surface area contributed by atoms with Crippen molar-refractivity contribution in [3.63, 3.8) is 0 Å². The lowest BCUT2D eigenvalue weighted by molar-refractivity contribution is -0.137. The molecule has 144 valence electrons. The first-order valence-electron chi connectivity index (χ1n) is 7.77. The average molecular weight is 394 g/mol. The fourth-order valence-corrected chi connectivity index (χ4v) is 2.21. The van der Waals surface area contributed by atoms with Crippen LogP contribution in [0.15, 0.2) is 54.6 Å². The minimum Gasteiger partial charge on any atom is -0.334 e. The maximum Gasteiger partial charge on any atom is 0.416 e. The summed E-state index contributed by atoms with van der Waals surface area (Å²) in [5, 5.41) is 12.2. The molecule has 1 amide bonds. The van der Waals surface area contributed by atoms with Crippen molar-refractivity contribution in [1.29, 1.82) is 0 Å². The van der Waals surface area contributed by atoms with Gasteiger partial charge in [0.15, 0.2) is 11.6 Å². The Morgan fingerprint density at radius 1 is 0.821 bits per heavy atom. The number of amides is 1. The molecule has 0 aliphatic rings. The van der Waals surface area contributed by atoms with Crippen LogP contribution in [0.3, 0.4) is 0 Å². The van der Waals surface area contributed by atoms with Crippen LogP contribution in [0.25, 0.3) is 0 Å². The van der Waals surface area contributed by atoms with Gasteiger partial charge in [0.2, 0.25) is 0 Å². The van der Waals surface area contributed by atoms with Crippen LogP contribution in [0.4, 0.5) is 39.3 Å². The van der Waals surface area contributed by atoms with Crippen LogP contribution in [0.5, 0.6) is 0 Å². The number of alkyl halides is 3. The molecule has 0 spiro atoms. The fourth-order valence-electron chi connectivity index (χ4n) is 2.21. The molecule has 0 fully saturated rings. The lowest BCUT2D eigenvalue weighted by Crippen LogP contribution is -2.14. The van der Waals surface area contributed by atoms with E-state index in [9.17, 15) is 26.7 Å².